The van der Waals surface area contributed by atoms with Crippen LogP contribution in [0.3, 0.4) is 0 Å². The van der Waals surface area contributed by atoms with E-state index >= 15 is 0 Å². The van der Waals surface area contributed by atoms with E-state index in [0.717, 1.165) is 0 Å². The summed E-state index contributed by atoms with van der Waals surface area (Å²) < 4.78 is 5.36. The predicted octanol–water partition coefficient (Wildman–Crippen LogP) is 2.10. The van der Waals surface area contributed by atoms with Gasteiger partial charge in [0.05, 0.1) is 15.9 Å². The SMILES string of the molecule is CCOC(=O)c1cnc(Cl)c(I)c1N. The van der Waals surface area contributed by atoms with Crippen molar-refractivity contribution in [1.82, 2.24) is 4.98 Å². The molecule has 1 rings (SSSR count). The van der Waals surface area contributed by atoms with Gasteiger partial charge in [-0.2, -0.15) is 0 Å². The molecule has 14 heavy (non-hydrogen) atoms. The van der Waals surface area contributed by atoms with Crippen LogP contribution in [-0.2, 0) is 4.74 Å². The topological polar surface area (TPSA) is 65.2 Å². The summed E-state index contributed by atoms with van der Waals surface area (Å²) in [5.41, 5.74) is 6.24. The highest BCUT2D eigenvalue weighted by Crippen LogP contribution is 2.25. The highest BCUT2D eigenvalue weighted by molar-refractivity contribution is 14.1. The van der Waals surface area contributed by atoms with Gasteiger partial charge in [0.15, 0.2) is 0 Å². The summed E-state index contributed by atoms with van der Waals surface area (Å²) in [5.74, 6) is -0.480. The fourth-order valence-corrected chi connectivity index (χ4v) is 1.43. The van der Waals surface area contributed by atoms with Crippen LogP contribution in [0.4, 0.5) is 5.69 Å². The van der Waals surface area contributed by atoms with Gasteiger partial charge in [0.2, 0.25) is 0 Å². The number of nitrogens with zero attached hydrogens (tertiary/aromatic N) is 1. The maximum absolute atomic E-state index is 11.3. The Labute approximate surface area is 99.9 Å². The van der Waals surface area contributed by atoms with Gasteiger partial charge < -0.3 is 10.5 Å². The first-order valence-electron chi connectivity index (χ1n) is 3.84. The number of rotatable bonds is 2. The summed E-state index contributed by atoms with van der Waals surface area (Å²) in [7, 11) is 0. The van der Waals surface area contributed by atoms with E-state index in [1.54, 1.807) is 6.92 Å². The Morgan fingerprint density at radius 2 is 2.43 bits per heavy atom. The average Bonchev–Trinajstić information content (AvgIpc) is 2.15. The van der Waals surface area contributed by atoms with Gasteiger partial charge in [0.1, 0.15) is 10.7 Å². The lowest BCUT2D eigenvalue weighted by Gasteiger charge is -2.06. The molecule has 0 saturated heterocycles. The van der Waals surface area contributed by atoms with Crippen LogP contribution in [0.1, 0.15) is 17.3 Å². The zero-order valence-electron chi connectivity index (χ0n) is 7.38. The number of hydrogen-bond acceptors (Lipinski definition) is 4. The number of aromatic nitrogens is 1. The van der Waals surface area contributed by atoms with Gasteiger partial charge >= 0.3 is 5.97 Å². The van der Waals surface area contributed by atoms with Gasteiger partial charge in [-0.05, 0) is 29.5 Å². The number of nitrogen functional groups attached to an aromatic ring is 1. The number of carbonyl (C=O) groups excluding carboxylic acids is 1. The lowest BCUT2D eigenvalue weighted by Crippen LogP contribution is -2.10. The Bertz CT molecular complexity index is 371. The first kappa shape index (κ1) is 11.5. The van der Waals surface area contributed by atoms with E-state index in [0.29, 0.717) is 15.9 Å². The van der Waals surface area contributed by atoms with Crippen molar-refractivity contribution < 1.29 is 9.53 Å². The lowest BCUT2D eigenvalue weighted by atomic mass is 10.2. The van der Waals surface area contributed by atoms with Crippen molar-refractivity contribution in [3.05, 3.63) is 20.5 Å². The van der Waals surface area contributed by atoms with Gasteiger partial charge in [0.25, 0.3) is 0 Å². The van der Waals surface area contributed by atoms with Gasteiger partial charge in [-0.1, -0.05) is 11.6 Å². The van der Waals surface area contributed by atoms with Crippen LogP contribution >= 0.6 is 34.2 Å². The molecule has 4 nitrogen and oxygen atoms in total. The molecule has 0 atom stereocenters. The van der Waals surface area contributed by atoms with Gasteiger partial charge in [-0.15, -0.1) is 0 Å². The molecule has 0 unspecified atom stereocenters. The molecule has 2 N–H and O–H groups in total. The number of carbonyl (C=O) groups is 1. The third kappa shape index (κ3) is 2.27. The summed E-state index contributed by atoms with van der Waals surface area (Å²) in [6.45, 7) is 2.03. The smallest absolute Gasteiger partial charge is 0.341 e. The molecule has 0 saturated carbocycles. The van der Waals surface area contributed by atoms with Crippen molar-refractivity contribution in [3.8, 4) is 0 Å². The second kappa shape index (κ2) is 4.79. The van der Waals surface area contributed by atoms with Gasteiger partial charge in [-0.3, -0.25) is 0 Å². The molecule has 76 valence electrons. The Hall–Kier alpha value is -0.560. The average molecular weight is 327 g/mol. The molecule has 0 bridgehead atoms. The number of hydrogen-bond donors (Lipinski definition) is 1. The van der Waals surface area contributed by atoms with Crippen LogP contribution in [0.25, 0.3) is 0 Å². The minimum atomic E-state index is -0.480. The Morgan fingerprint density at radius 1 is 1.79 bits per heavy atom. The molecule has 0 aliphatic heterocycles. The Kier molecular flexibility index (Phi) is 3.94. The van der Waals surface area contributed by atoms with E-state index in [9.17, 15) is 4.79 Å². The van der Waals surface area contributed by atoms with E-state index in [1.165, 1.54) is 6.20 Å². The summed E-state index contributed by atoms with van der Waals surface area (Å²) in [6.07, 6.45) is 1.32. The van der Waals surface area contributed by atoms with Gasteiger partial charge in [0, 0.05) is 6.20 Å². The highest BCUT2D eigenvalue weighted by Gasteiger charge is 2.15. The molecule has 6 heteroatoms. The number of halogens is 2. The van der Waals surface area contributed by atoms with Crippen molar-refractivity contribution in [2.45, 2.75) is 6.92 Å². The van der Waals surface area contributed by atoms with E-state index in [4.69, 9.17) is 22.1 Å². The largest absolute Gasteiger partial charge is 0.462 e. The van der Waals surface area contributed by atoms with Crippen LogP contribution in [0.5, 0.6) is 0 Å². The van der Waals surface area contributed by atoms with Crippen LogP contribution in [-0.4, -0.2) is 17.6 Å². The Morgan fingerprint density at radius 3 is 3.00 bits per heavy atom. The Balaban J connectivity index is 3.11. The van der Waals surface area contributed by atoms with Crippen LogP contribution < -0.4 is 5.73 Å². The van der Waals surface area contributed by atoms with Gasteiger partial charge in [-0.25, -0.2) is 9.78 Å². The first-order valence-corrected chi connectivity index (χ1v) is 5.30. The second-order valence-electron chi connectivity index (χ2n) is 2.41. The van der Waals surface area contributed by atoms with Crippen molar-refractivity contribution in [3.63, 3.8) is 0 Å². The van der Waals surface area contributed by atoms with Crippen molar-refractivity contribution in [2.24, 2.45) is 0 Å². The minimum absolute atomic E-state index is 0.251. The van der Waals surface area contributed by atoms with E-state index in [2.05, 4.69) is 4.98 Å². The molecule has 0 spiro atoms. The van der Waals surface area contributed by atoms with Crippen LogP contribution in [0, 0.1) is 3.57 Å². The fourth-order valence-electron chi connectivity index (χ4n) is 0.848. The normalized spacial score (nSPS) is 9.93. The predicted molar refractivity (Wildman–Crippen MR) is 62.3 cm³/mol. The lowest BCUT2D eigenvalue weighted by molar-refractivity contribution is 0.0527. The molecule has 1 aromatic heterocycles. The fraction of sp³-hybridized carbons (Fsp3) is 0.250. The number of esters is 1. The maximum atomic E-state index is 11.3. The minimum Gasteiger partial charge on any atom is -0.462 e. The van der Waals surface area contributed by atoms with E-state index < -0.39 is 5.97 Å². The molecule has 0 fully saturated rings. The van der Waals surface area contributed by atoms with E-state index in [1.807, 2.05) is 22.6 Å². The second-order valence-corrected chi connectivity index (χ2v) is 3.85. The van der Waals surface area contributed by atoms with Crippen molar-refractivity contribution in [1.29, 1.82) is 0 Å². The molecular formula is C8H8ClIN2O2. The third-order valence-electron chi connectivity index (χ3n) is 1.51. The molecule has 0 aromatic carbocycles. The number of anilines is 1. The molecular weight excluding hydrogens is 318 g/mol. The third-order valence-corrected chi connectivity index (χ3v) is 3.21. The maximum Gasteiger partial charge on any atom is 0.341 e. The van der Waals surface area contributed by atoms with Crippen molar-refractivity contribution in [2.75, 3.05) is 12.3 Å². The van der Waals surface area contributed by atoms with E-state index in [-0.39, 0.29) is 10.7 Å². The quantitative estimate of drug-likeness (QED) is 0.513. The van der Waals surface area contributed by atoms with Crippen molar-refractivity contribution >= 4 is 45.8 Å². The summed E-state index contributed by atoms with van der Waals surface area (Å²) in [5, 5.41) is 0.288. The van der Waals surface area contributed by atoms with Crippen LogP contribution in [0.2, 0.25) is 5.15 Å². The first-order chi connectivity index (χ1) is 6.57. The molecule has 1 aromatic rings. The summed E-state index contributed by atoms with van der Waals surface area (Å²) >= 11 is 7.65. The molecule has 0 radical (unpaired) electrons. The number of pyridine rings is 1. The number of ether oxygens (including phenoxy) is 1. The highest BCUT2D eigenvalue weighted by atomic mass is 127. The number of nitrogens with two attached hydrogens (primary N) is 1. The molecule has 0 aliphatic carbocycles. The molecule has 1 heterocycles. The summed E-state index contributed by atoms with van der Waals surface area (Å²) in [4.78, 5) is 15.2. The zero-order valence-corrected chi connectivity index (χ0v) is 10.3. The molecule has 0 aliphatic rings. The molecule has 0 amide bonds. The summed E-state index contributed by atoms with van der Waals surface area (Å²) in [6, 6.07) is 0. The standard InChI is InChI=1S/C8H8ClIN2O2/c1-2-14-8(13)4-3-12-7(9)5(10)6(4)11/h3H,2H2,1H3,(H2,11,12). The van der Waals surface area contributed by atoms with Crippen LogP contribution in [0.15, 0.2) is 6.20 Å². The zero-order chi connectivity index (χ0) is 10.7. The monoisotopic (exact) mass is 326 g/mol.